The van der Waals surface area contributed by atoms with Crippen LogP contribution in [0, 0.1) is 5.92 Å². The molecule has 0 spiro atoms. The van der Waals surface area contributed by atoms with Crippen LogP contribution in [0.2, 0.25) is 0 Å². The van der Waals surface area contributed by atoms with Crippen molar-refractivity contribution >= 4 is 15.9 Å². The molecule has 2 aliphatic rings. The maximum atomic E-state index is 12.4. The van der Waals surface area contributed by atoms with Gasteiger partial charge in [0.15, 0.2) is 0 Å². The van der Waals surface area contributed by atoms with Crippen LogP contribution in [0.1, 0.15) is 12.8 Å². The van der Waals surface area contributed by atoms with Crippen LogP contribution in [-0.4, -0.2) is 54.7 Å². The normalized spacial score (nSPS) is 20.5. The Morgan fingerprint density at radius 3 is 2.43 bits per heavy atom. The number of nitrogens with one attached hydrogen (secondary N) is 1. The van der Waals surface area contributed by atoms with Crippen molar-refractivity contribution in [2.24, 2.45) is 5.92 Å². The lowest BCUT2D eigenvalue weighted by Crippen LogP contribution is -2.51. The van der Waals surface area contributed by atoms with E-state index in [1.54, 1.807) is 4.90 Å². The number of amides is 1. The van der Waals surface area contributed by atoms with Crippen molar-refractivity contribution in [2.75, 3.05) is 26.2 Å². The molecule has 0 radical (unpaired) electrons. The lowest BCUT2D eigenvalue weighted by Gasteiger charge is -2.33. The van der Waals surface area contributed by atoms with Crippen LogP contribution >= 0.6 is 0 Å². The summed E-state index contributed by atoms with van der Waals surface area (Å²) in [5.74, 6) is 0.273. The second kappa shape index (κ2) is 5.27. The van der Waals surface area contributed by atoms with E-state index < -0.39 is 15.5 Å². The SMILES string of the molecule is O=C(C1CC1)N1CCN(S(=O)(=O)c2c[nH]ccc2=O)CC1. The maximum absolute atomic E-state index is 12.4. The van der Waals surface area contributed by atoms with E-state index in [2.05, 4.69) is 4.98 Å². The molecule has 8 heteroatoms. The number of piperazine rings is 1. The average molecular weight is 311 g/mol. The van der Waals surface area contributed by atoms with E-state index in [4.69, 9.17) is 0 Å². The van der Waals surface area contributed by atoms with Crippen LogP contribution in [0.4, 0.5) is 0 Å². The zero-order valence-corrected chi connectivity index (χ0v) is 12.3. The van der Waals surface area contributed by atoms with Gasteiger partial charge in [-0.3, -0.25) is 9.59 Å². The van der Waals surface area contributed by atoms with Gasteiger partial charge in [0.05, 0.1) is 0 Å². The van der Waals surface area contributed by atoms with Crippen LogP contribution in [0.3, 0.4) is 0 Å². The predicted molar refractivity (Wildman–Crippen MR) is 75.1 cm³/mol. The van der Waals surface area contributed by atoms with E-state index in [0.29, 0.717) is 13.1 Å². The third kappa shape index (κ3) is 2.73. The first-order valence-corrected chi connectivity index (χ1v) is 8.40. The number of carbonyl (C=O) groups is 1. The lowest BCUT2D eigenvalue weighted by molar-refractivity contribution is -0.133. The molecule has 7 nitrogen and oxygen atoms in total. The summed E-state index contributed by atoms with van der Waals surface area (Å²) in [5.41, 5.74) is -0.523. The number of H-pyrrole nitrogens is 1. The number of nitrogens with zero attached hydrogens (tertiary/aromatic N) is 2. The van der Waals surface area contributed by atoms with E-state index in [-0.39, 0.29) is 29.8 Å². The summed E-state index contributed by atoms with van der Waals surface area (Å²) in [4.78, 5) is 27.7. The molecule has 0 atom stereocenters. The lowest BCUT2D eigenvalue weighted by atomic mass is 10.3. The fraction of sp³-hybridized carbons (Fsp3) is 0.538. The fourth-order valence-electron chi connectivity index (χ4n) is 2.48. The Labute approximate surface area is 122 Å². The molecule has 1 aliphatic heterocycles. The number of aromatic nitrogens is 1. The van der Waals surface area contributed by atoms with Gasteiger partial charge in [-0.2, -0.15) is 4.31 Å². The summed E-state index contributed by atoms with van der Waals surface area (Å²) >= 11 is 0. The van der Waals surface area contributed by atoms with E-state index in [9.17, 15) is 18.0 Å². The third-order valence-electron chi connectivity index (χ3n) is 3.88. The summed E-state index contributed by atoms with van der Waals surface area (Å²) in [6, 6.07) is 1.19. The van der Waals surface area contributed by atoms with E-state index in [1.807, 2.05) is 0 Å². The van der Waals surface area contributed by atoms with Gasteiger partial charge in [0.2, 0.25) is 21.4 Å². The summed E-state index contributed by atoms with van der Waals surface area (Å²) in [6.45, 7) is 1.24. The Hall–Kier alpha value is -1.67. The molecule has 1 saturated heterocycles. The zero-order valence-electron chi connectivity index (χ0n) is 11.5. The van der Waals surface area contributed by atoms with Gasteiger partial charge < -0.3 is 9.88 Å². The van der Waals surface area contributed by atoms with E-state index >= 15 is 0 Å². The number of rotatable bonds is 3. The maximum Gasteiger partial charge on any atom is 0.248 e. The van der Waals surface area contributed by atoms with Gasteiger partial charge in [-0.1, -0.05) is 0 Å². The Morgan fingerprint density at radius 1 is 1.19 bits per heavy atom. The van der Waals surface area contributed by atoms with Crippen LogP contribution < -0.4 is 5.43 Å². The standard InChI is InChI=1S/C13H17N3O4S/c17-11-3-4-14-9-12(11)21(19,20)16-7-5-15(6-8-16)13(18)10-1-2-10/h3-4,9-10H,1-2,5-8H2,(H,14,17). The van der Waals surface area contributed by atoms with Crippen molar-refractivity contribution in [3.63, 3.8) is 0 Å². The largest absolute Gasteiger partial charge is 0.366 e. The second-order valence-corrected chi connectivity index (χ2v) is 7.28. The second-order valence-electron chi connectivity index (χ2n) is 5.38. The minimum atomic E-state index is -3.79. The predicted octanol–water partition coefficient (Wildman–Crippen LogP) is -0.382. The molecule has 114 valence electrons. The Kier molecular flexibility index (Phi) is 3.58. The highest BCUT2D eigenvalue weighted by Gasteiger charge is 2.37. The summed E-state index contributed by atoms with van der Waals surface area (Å²) < 4.78 is 26.1. The van der Waals surface area contributed by atoms with Gasteiger partial charge in [-0.05, 0) is 12.8 Å². The first kappa shape index (κ1) is 14.3. The number of sulfonamides is 1. The Morgan fingerprint density at radius 2 is 1.86 bits per heavy atom. The topological polar surface area (TPSA) is 90.6 Å². The average Bonchev–Trinajstić information content (AvgIpc) is 3.31. The molecule has 2 fully saturated rings. The van der Waals surface area contributed by atoms with Gasteiger partial charge in [0.25, 0.3) is 0 Å². The van der Waals surface area contributed by atoms with Crippen LogP contribution in [-0.2, 0) is 14.8 Å². The molecule has 2 heterocycles. The summed E-state index contributed by atoms with van der Waals surface area (Å²) in [5, 5.41) is 0. The van der Waals surface area contributed by atoms with Crippen LogP contribution in [0.5, 0.6) is 0 Å². The minimum absolute atomic E-state index is 0.129. The van der Waals surface area contributed by atoms with Gasteiger partial charge in [0, 0.05) is 50.6 Å². The van der Waals surface area contributed by atoms with Crippen molar-refractivity contribution < 1.29 is 13.2 Å². The molecule has 1 aromatic heterocycles. The Bertz CT molecular complexity index is 700. The van der Waals surface area contributed by atoms with Crippen LogP contribution in [0.15, 0.2) is 28.2 Å². The molecular formula is C13H17N3O4S. The Balaban J connectivity index is 1.73. The van der Waals surface area contributed by atoms with Crippen molar-refractivity contribution in [1.82, 2.24) is 14.2 Å². The molecule has 1 saturated carbocycles. The smallest absolute Gasteiger partial charge is 0.248 e. The van der Waals surface area contributed by atoms with E-state index in [0.717, 1.165) is 12.8 Å². The van der Waals surface area contributed by atoms with Gasteiger partial charge in [0.1, 0.15) is 4.90 Å². The van der Waals surface area contributed by atoms with Crippen molar-refractivity contribution in [1.29, 1.82) is 0 Å². The van der Waals surface area contributed by atoms with E-state index in [1.165, 1.54) is 22.8 Å². The highest BCUT2D eigenvalue weighted by atomic mass is 32.2. The van der Waals surface area contributed by atoms with Gasteiger partial charge >= 0.3 is 0 Å². The van der Waals surface area contributed by atoms with Crippen molar-refractivity contribution in [2.45, 2.75) is 17.7 Å². The zero-order chi connectivity index (χ0) is 15.0. The first-order valence-electron chi connectivity index (χ1n) is 6.96. The quantitative estimate of drug-likeness (QED) is 0.824. The highest BCUT2D eigenvalue weighted by molar-refractivity contribution is 7.89. The number of hydrogen-bond acceptors (Lipinski definition) is 4. The number of hydrogen-bond donors (Lipinski definition) is 1. The van der Waals surface area contributed by atoms with Gasteiger partial charge in [-0.25, -0.2) is 8.42 Å². The van der Waals surface area contributed by atoms with Crippen molar-refractivity contribution in [3.8, 4) is 0 Å². The molecular weight excluding hydrogens is 294 g/mol. The fourth-order valence-corrected chi connectivity index (χ4v) is 3.94. The van der Waals surface area contributed by atoms with Crippen LogP contribution in [0.25, 0.3) is 0 Å². The molecule has 0 unspecified atom stereocenters. The molecule has 0 aromatic carbocycles. The third-order valence-corrected chi connectivity index (χ3v) is 5.80. The van der Waals surface area contributed by atoms with Crippen molar-refractivity contribution in [3.05, 3.63) is 28.7 Å². The number of carbonyl (C=O) groups excluding carboxylic acids is 1. The molecule has 21 heavy (non-hydrogen) atoms. The molecule has 1 aliphatic carbocycles. The molecule has 3 rings (SSSR count). The minimum Gasteiger partial charge on any atom is -0.366 e. The highest BCUT2D eigenvalue weighted by Crippen LogP contribution is 2.31. The summed E-state index contributed by atoms with van der Waals surface area (Å²) in [7, 11) is -3.79. The van der Waals surface area contributed by atoms with Gasteiger partial charge in [-0.15, -0.1) is 0 Å². The first-order chi connectivity index (χ1) is 10.00. The number of aromatic amines is 1. The molecule has 1 N–H and O–H groups in total. The molecule has 1 aromatic rings. The summed E-state index contributed by atoms with van der Waals surface area (Å²) in [6.07, 6.45) is 4.49. The number of pyridine rings is 1. The molecule has 1 amide bonds. The monoisotopic (exact) mass is 311 g/mol. The molecule has 0 bridgehead atoms.